The predicted octanol–water partition coefficient (Wildman–Crippen LogP) is 2.50. The molecule has 0 aromatic heterocycles. The van der Waals surface area contributed by atoms with E-state index >= 15 is 0 Å². The van der Waals surface area contributed by atoms with Gasteiger partial charge in [-0.1, -0.05) is 23.7 Å². The molecule has 0 spiro atoms. The van der Waals surface area contributed by atoms with Crippen molar-refractivity contribution >= 4 is 27.2 Å². The van der Waals surface area contributed by atoms with Gasteiger partial charge in [-0.25, -0.2) is 8.42 Å². The van der Waals surface area contributed by atoms with Crippen LogP contribution >= 0.6 is 11.6 Å². The lowest BCUT2D eigenvalue weighted by Gasteiger charge is -2.19. The molecule has 20 heavy (non-hydrogen) atoms. The quantitative estimate of drug-likeness (QED) is 0.801. The van der Waals surface area contributed by atoms with Gasteiger partial charge in [-0.05, 0) is 32.4 Å². The molecule has 110 valence electrons. The van der Waals surface area contributed by atoms with E-state index in [1.807, 2.05) is 0 Å². The molecule has 0 bridgehead atoms. The number of Topliss-reactive ketones (excluding diaryl/α,β-unsaturated/α-hetero) is 1. The summed E-state index contributed by atoms with van der Waals surface area (Å²) < 4.78 is 30.3. The zero-order valence-electron chi connectivity index (χ0n) is 11.4. The summed E-state index contributed by atoms with van der Waals surface area (Å²) in [4.78, 5) is 12.3. The van der Waals surface area contributed by atoms with Crippen LogP contribution in [0.15, 0.2) is 24.3 Å². The molecule has 1 saturated heterocycles. The van der Waals surface area contributed by atoms with Gasteiger partial charge in [0.1, 0.15) is 5.25 Å². The molecular weight excluding hydrogens is 300 g/mol. The third kappa shape index (κ3) is 2.90. The van der Waals surface area contributed by atoms with E-state index in [-0.39, 0.29) is 6.10 Å². The molecule has 0 aliphatic carbocycles. The first-order valence-electron chi connectivity index (χ1n) is 6.48. The van der Waals surface area contributed by atoms with Gasteiger partial charge in [0, 0.05) is 17.2 Å². The number of carbonyl (C=O) groups is 1. The molecule has 2 rings (SSSR count). The number of carbonyl (C=O) groups excluding carboxylic acids is 1. The minimum atomic E-state index is -3.57. The van der Waals surface area contributed by atoms with E-state index in [4.69, 9.17) is 16.3 Å². The van der Waals surface area contributed by atoms with E-state index in [9.17, 15) is 13.2 Å². The fourth-order valence-electron chi connectivity index (χ4n) is 2.43. The topological polar surface area (TPSA) is 60.4 Å². The Labute approximate surface area is 124 Å². The van der Waals surface area contributed by atoms with Gasteiger partial charge in [0.05, 0.1) is 11.4 Å². The second-order valence-corrected chi connectivity index (χ2v) is 7.94. The summed E-state index contributed by atoms with van der Waals surface area (Å²) in [5, 5.41) is -1.28. The Kier molecular flexibility index (Phi) is 4.52. The van der Waals surface area contributed by atoms with Crippen molar-refractivity contribution in [1.82, 2.24) is 0 Å². The smallest absolute Gasteiger partial charge is 0.180 e. The molecular formula is C14H17ClO4S. The van der Waals surface area contributed by atoms with Crippen LogP contribution in [0, 0.1) is 0 Å². The van der Waals surface area contributed by atoms with E-state index in [0.717, 1.165) is 0 Å². The number of rotatable bonds is 4. The second kappa shape index (κ2) is 5.84. The summed E-state index contributed by atoms with van der Waals surface area (Å²) >= 11 is 5.84. The van der Waals surface area contributed by atoms with Crippen molar-refractivity contribution in [3.8, 4) is 0 Å². The SMILES string of the molecule is CC1OCCC1S(=O)(=O)C(C)C(=O)c1cccc(Cl)c1. The molecule has 4 nitrogen and oxygen atoms in total. The first kappa shape index (κ1) is 15.5. The Bertz CT molecular complexity index is 611. The molecule has 3 unspecified atom stereocenters. The Morgan fingerprint density at radius 2 is 2.15 bits per heavy atom. The highest BCUT2D eigenvalue weighted by Crippen LogP contribution is 2.26. The molecule has 0 N–H and O–H groups in total. The van der Waals surface area contributed by atoms with Gasteiger partial charge in [-0.15, -0.1) is 0 Å². The van der Waals surface area contributed by atoms with E-state index in [1.165, 1.54) is 13.0 Å². The van der Waals surface area contributed by atoms with Gasteiger partial charge >= 0.3 is 0 Å². The van der Waals surface area contributed by atoms with Crippen LogP contribution < -0.4 is 0 Å². The number of benzene rings is 1. The van der Waals surface area contributed by atoms with Gasteiger partial charge in [-0.3, -0.25) is 4.79 Å². The lowest BCUT2D eigenvalue weighted by atomic mass is 10.1. The molecule has 0 amide bonds. The standard InChI is InChI=1S/C14H17ClO4S/c1-9-13(6-7-19-9)20(17,18)10(2)14(16)11-4-3-5-12(15)8-11/h3-5,8-10,13H,6-7H2,1-2H3. The molecule has 1 aromatic rings. The Morgan fingerprint density at radius 1 is 1.45 bits per heavy atom. The molecule has 0 radical (unpaired) electrons. The van der Waals surface area contributed by atoms with E-state index in [1.54, 1.807) is 25.1 Å². The number of halogens is 1. The second-order valence-electron chi connectivity index (χ2n) is 5.01. The van der Waals surface area contributed by atoms with Gasteiger partial charge < -0.3 is 4.74 Å². The van der Waals surface area contributed by atoms with Gasteiger partial charge in [-0.2, -0.15) is 0 Å². The van der Waals surface area contributed by atoms with E-state index in [0.29, 0.717) is 23.6 Å². The molecule has 1 aliphatic rings. The molecule has 6 heteroatoms. The number of ketones is 1. The Morgan fingerprint density at radius 3 is 2.70 bits per heavy atom. The zero-order valence-corrected chi connectivity index (χ0v) is 12.9. The molecule has 1 aliphatic heterocycles. The first-order valence-corrected chi connectivity index (χ1v) is 8.47. The lowest BCUT2D eigenvalue weighted by Crippen LogP contribution is -2.39. The third-order valence-electron chi connectivity index (χ3n) is 3.70. The van der Waals surface area contributed by atoms with Crippen molar-refractivity contribution in [2.75, 3.05) is 6.61 Å². The van der Waals surface area contributed by atoms with Crippen LogP contribution in [0.25, 0.3) is 0 Å². The highest BCUT2D eigenvalue weighted by Gasteiger charge is 2.41. The van der Waals surface area contributed by atoms with Crippen molar-refractivity contribution < 1.29 is 17.9 Å². The van der Waals surface area contributed by atoms with Crippen LogP contribution in [0.5, 0.6) is 0 Å². The zero-order chi connectivity index (χ0) is 14.9. The number of hydrogen-bond acceptors (Lipinski definition) is 4. The molecule has 1 heterocycles. The maximum Gasteiger partial charge on any atom is 0.180 e. The monoisotopic (exact) mass is 316 g/mol. The van der Waals surface area contributed by atoms with Crippen LogP contribution in [0.1, 0.15) is 30.6 Å². The number of sulfone groups is 1. The Hall–Kier alpha value is -0.910. The van der Waals surface area contributed by atoms with Gasteiger partial charge in [0.25, 0.3) is 0 Å². The predicted molar refractivity (Wildman–Crippen MR) is 78.0 cm³/mol. The van der Waals surface area contributed by atoms with Crippen molar-refractivity contribution in [3.05, 3.63) is 34.9 Å². The first-order chi connectivity index (χ1) is 9.34. The van der Waals surface area contributed by atoms with Crippen molar-refractivity contribution in [2.24, 2.45) is 0 Å². The van der Waals surface area contributed by atoms with Crippen LogP contribution in [0.4, 0.5) is 0 Å². The average Bonchev–Trinajstić information content (AvgIpc) is 2.84. The van der Waals surface area contributed by atoms with E-state index in [2.05, 4.69) is 0 Å². The minimum Gasteiger partial charge on any atom is -0.377 e. The summed E-state index contributed by atoms with van der Waals surface area (Å²) in [6, 6.07) is 6.35. The lowest BCUT2D eigenvalue weighted by molar-refractivity contribution is 0.0990. The van der Waals surface area contributed by atoms with Crippen molar-refractivity contribution in [2.45, 2.75) is 36.9 Å². The van der Waals surface area contributed by atoms with Crippen molar-refractivity contribution in [3.63, 3.8) is 0 Å². The van der Waals surface area contributed by atoms with Crippen molar-refractivity contribution in [1.29, 1.82) is 0 Å². The maximum absolute atomic E-state index is 12.5. The molecule has 3 atom stereocenters. The number of hydrogen-bond donors (Lipinski definition) is 0. The third-order valence-corrected chi connectivity index (χ3v) is 6.60. The fourth-order valence-corrected chi connectivity index (χ4v) is 4.62. The average molecular weight is 317 g/mol. The fraction of sp³-hybridized carbons (Fsp3) is 0.500. The van der Waals surface area contributed by atoms with Crippen LogP contribution in [0.2, 0.25) is 5.02 Å². The Balaban J connectivity index is 2.26. The minimum absolute atomic E-state index is 0.320. The molecule has 1 fully saturated rings. The molecule has 1 aromatic carbocycles. The summed E-state index contributed by atoms with van der Waals surface area (Å²) in [6.07, 6.45) is 0.0750. The van der Waals surface area contributed by atoms with E-state index < -0.39 is 26.1 Å². The summed E-state index contributed by atoms with van der Waals surface area (Å²) in [5.74, 6) is -0.424. The summed E-state index contributed by atoms with van der Waals surface area (Å²) in [7, 11) is -3.57. The summed E-state index contributed by atoms with van der Waals surface area (Å²) in [5.41, 5.74) is 0.320. The maximum atomic E-state index is 12.5. The van der Waals surface area contributed by atoms with Gasteiger partial charge in [0.2, 0.25) is 0 Å². The molecule has 0 saturated carbocycles. The summed E-state index contributed by atoms with van der Waals surface area (Å²) in [6.45, 7) is 3.58. The van der Waals surface area contributed by atoms with Crippen LogP contribution in [-0.2, 0) is 14.6 Å². The highest BCUT2D eigenvalue weighted by molar-refractivity contribution is 7.93. The normalized spacial score (nSPS) is 24.6. The largest absolute Gasteiger partial charge is 0.377 e. The number of ether oxygens (including phenoxy) is 1. The van der Waals surface area contributed by atoms with Crippen LogP contribution in [-0.4, -0.2) is 37.4 Å². The highest BCUT2D eigenvalue weighted by atomic mass is 35.5. The van der Waals surface area contributed by atoms with Crippen LogP contribution in [0.3, 0.4) is 0 Å². The van der Waals surface area contributed by atoms with Gasteiger partial charge in [0.15, 0.2) is 15.6 Å².